The number of ether oxygens (including phenoxy) is 2. The number of imidazole rings is 1. The van der Waals surface area contributed by atoms with E-state index in [0.29, 0.717) is 36.0 Å². The van der Waals surface area contributed by atoms with Crippen LogP contribution in [0, 0.1) is 73.9 Å². The van der Waals surface area contributed by atoms with E-state index in [1.807, 2.05) is 13.8 Å². The molecule has 2 saturated heterocycles. The Morgan fingerprint density at radius 2 is 1.55 bits per heavy atom. The lowest BCUT2D eigenvalue weighted by atomic mass is 9.32. The highest BCUT2D eigenvalue weighted by Crippen LogP contribution is 2.78. The van der Waals surface area contributed by atoms with Crippen LogP contribution in [-0.4, -0.2) is 87.8 Å². The second kappa shape index (κ2) is 16.8. The van der Waals surface area contributed by atoms with E-state index >= 15 is 4.79 Å². The van der Waals surface area contributed by atoms with Crippen molar-refractivity contribution in [2.75, 3.05) is 39.4 Å². The summed E-state index contributed by atoms with van der Waals surface area (Å²) in [5.41, 5.74) is 2.49. The molecule has 0 spiro atoms. The molecule has 2 aliphatic heterocycles. The van der Waals surface area contributed by atoms with E-state index in [2.05, 4.69) is 99.0 Å². The van der Waals surface area contributed by atoms with Crippen molar-refractivity contribution in [1.82, 2.24) is 19.4 Å². The lowest BCUT2D eigenvalue weighted by Gasteiger charge is -2.73. The van der Waals surface area contributed by atoms with Gasteiger partial charge in [-0.15, -0.1) is 0 Å². The Hall–Kier alpha value is -3.50. The minimum Gasteiger partial charge on any atom is -0.481 e. The fraction of sp³-hybridized carbons (Fsp3) is 0.754. The van der Waals surface area contributed by atoms with Crippen molar-refractivity contribution in [2.24, 2.45) is 73.9 Å². The summed E-state index contributed by atoms with van der Waals surface area (Å²) in [5, 5.41) is 9.76. The van der Waals surface area contributed by atoms with Gasteiger partial charge in [0.05, 0.1) is 42.2 Å². The van der Waals surface area contributed by atoms with E-state index < -0.39 is 22.7 Å². The number of nitrogens with zero attached hydrogens (tertiary/aromatic N) is 4. The Balaban J connectivity index is 0.911. The molecule has 6 aliphatic carbocycles. The number of fused-ring (bicyclic) bond motifs is 7. The van der Waals surface area contributed by atoms with Gasteiger partial charge in [0.2, 0.25) is 5.91 Å². The quantitative estimate of drug-likeness (QED) is 0.185. The lowest BCUT2D eigenvalue weighted by Crippen LogP contribution is -2.67. The molecular formula is C57H82N4O6. The van der Waals surface area contributed by atoms with Gasteiger partial charge in [-0.2, -0.15) is 0 Å². The van der Waals surface area contributed by atoms with Gasteiger partial charge in [-0.1, -0.05) is 91.0 Å². The highest BCUT2D eigenvalue weighted by atomic mass is 16.5. The number of esters is 1. The highest BCUT2D eigenvalue weighted by Gasteiger charge is 2.73. The van der Waals surface area contributed by atoms with Crippen LogP contribution in [0.25, 0.3) is 11.3 Å². The van der Waals surface area contributed by atoms with Gasteiger partial charge in [0.1, 0.15) is 11.9 Å². The molecule has 67 heavy (non-hydrogen) atoms. The number of hydrogen-bond acceptors (Lipinski definition) is 7. The Morgan fingerprint density at radius 3 is 2.25 bits per heavy atom. The number of rotatable bonds is 10. The van der Waals surface area contributed by atoms with Gasteiger partial charge in [-0.25, -0.2) is 4.98 Å². The largest absolute Gasteiger partial charge is 0.481 e. The van der Waals surface area contributed by atoms with Crippen LogP contribution in [0.1, 0.15) is 151 Å². The maximum absolute atomic E-state index is 16.0. The van der Waals surface area contributed by atoms with Crippen LogP contribution >= 0.6 is 0 Å². The third-order valence-electron chi connectivity index (χ3n) is 22.0. The van der Waals surface area contributed by atoms with Gasteiger partial charge in [0, 0.05) is 49.9 Å². The number of hydrogen-bond donors (Lipinski definition) is 1. The molecule has 1 amide bonds. The first-order valence-electron chi connectivity index (χ1n) is 26.6. The zero-order chi connectivity index (χ0) is 47.5. The first kappa shape index (κ1) is 47.2. The predicted molar refractivity (Wildman–Crippen MR) is 260 cm³/mol. The number of carbonyl (C=O) groups is 3. The lowest BCUT2D eigenvalue weighted by molar-refractivity contribution is -0.251. The van der Waals surface area contributed by atoms with E-state index in [9.17, 15) is 14.7 Å². The molecule has 366 valence electrons. The average molecular weight is 919 g/mol. The van der Waals surface area contributed by atoms with E-state index in [1.165, 1.54) is 12.0 Å². The topological polar surface area (TPSA) is 114 Å². The Morgan fingerprint density at radius 1 is 0.806 bits per heavy atom. The smallest absolute Gasteiger partial charge is 0.309 e. The number of likely N-dealkylation sites (tertiary alicyclic amines) is 1. The number of morpholine rings is 1. The molecule has 0 radical (unpaired) electrons. The molecule has 1 N–H and O–H groups in total. The van der Waals surface area contributed by atoms with Gasteiger partial charge in [-0.3, -0.25) is 19.3 Å². The van der Waals surface area contributed by atoms with Crippen molar-refractivity contribution >= 4 is 17.8 Å². The number of allylic oxidation sites excluding steroid dienone is 1. The van der Waals surface area contributed by atoms with Crippen LogP contribution in [-0.2, 0) is 30.4 Å². The summed E-state index contributed by atoms with van der Waals surface area (Å²) in [4.78, 5) is 52.0. The Bertz CT molecular complexity index is 2250. The molecule has 6 saturated carbocycles. The maximum Gasteiger partial charge on any atom is 0.309 e. The van der Waals surface area contributed by atoms with Crippen molar-refractivity contribution < 1.29 is 29.0 Å². The number of benzene rings is 1. The molecule has 1 aromatic carbocycles. The van der Waals surface area contributed by atoms with Crippen LogP contribution in [0.5, 0.6) is 0 Å². The second-order valence-corrected chi connectivity index (χ2v) is 25.3. The van der Waals surface area contributed by atoms with Crippen LogP contribution in [0.2, 0.25) is 0 Å². The zero-order valence-electron chi connectivity index (χ0n) is 42.3. The van der Waals surface area contributed by atoms with E-state index in [4.69, 9.17) is 14.5 Å². The predicted octanol–water partition coefficient (Wildman–Crippen LogP) is 10.9. The van der Waals surface area contributed by atoms with Crippen LogP contribution < -0.4 is 0 Å². The van der Waals surface area contributed by atoms with Gasteiger partial charge in [-0.05, 0) is 142 Å². The van der Waals surface area contributed by atoms with E-state index in [-0.39, 0.29) is 51.6 Å². The number of aliphatic carboxylic acids is 1. The summed E-state index contributed by atoms with van der Waals surface area (Å²) < 4.78 is 14.6. The molecule has 0 bridgehead atoms. The molecule has 0 unspecified atom stereocenters. The molecule has 10 nitrogen and oxygen atoms in total. The third kappa shape index (κ3) is 7.18. The van der Waals surface area contributed by atoms with Gasteiger partial charge < -0.3 is 24.0 Å². The Labute approximate surface area is 401 Å². The average Bonchev–Trinajstić information content (AvgIpc) is 4.05. The molecule has 10 rings (SSSR count). The molecule has 1 aromatic heterocycles. The summed E-state index contributed by atoms with van der Waals surface area (Å²) in [7, 11) is 0. The Kier molecular flexibility index (Phi) is 11.9. The van der Waals surface area contributed by atoms with Crippen molar-refractivity contribution in [3.05, 3.63) is 54.5 Å². The van der Waals surface area contributed by atoms with Crippen molar-refractivity contribution in [3.8, 4) is 11.3 Å². The van der Waals surface area contributed by atoms with Crippen molar-refractivity contribution in [3.63, 3.8) is 0 Å². The highest BCUT2D eigenvalue weighted by molar-refractivity contribution is 5.85. The second-order valence-electron chi connectivity index (χ2n) is 25.3. The summed E-state index contributed by atoms with van der Waals surface area (Å²) >= 11 is 0. The number of aromatic nitrogens is 2. The molecule has 2 aromatic rings. The van der Waals surface area contributed by atoms with Crippen LogP contribution in [0.15, 0.2) is 48.7 Å². The third-order valence-corrected chi connectivity index (χ3v) is 22.0. The first-order chi connectivity index (χ1) is 31.8. The number of amides is 1. The molecule has 8 aliphatic rings. The maximum atomic E-state index is 16.0. The standard InChI is InChI=1S/C57H82N4O6/c1-36(2)38-19-24-57(51(65)61-27-13-16-43(61)48-58-42(37-14-11-10-12-15-37)35-60(48)29-28-59-30-32-66-33-31-59)26-25-55(8)39(47(38)57)17-18-45-54(7)22-21-46(53(5,6)44(54)20-23-56(45,55)9)67-50(64)41-34-40(49(62)63)52(41,3)4/h10-12,14-15,35,38-41,43-47H,1,13,16-34H2,2-9H3,(H,62,63)/t38-,39+,40-,41+,43-,44-,45+,46-,47+,54-,55+,56+,57-/m0/s1. The van der Waals surface area contributed by atoms with Gasteiger partial charge >= 0.3 is 11.9 Å². The number of carboxylic acids is 1. The summed E-state index contributed by atoms with van der Waals surface area (Å²) in [6, 6.07) is 10.5. The molecule has 8 fully saturated rings. The van der Waals surface area contributed by atoms with Gasteiger partial charge in [0.15, 0.2) is 0 Å². The number of carboxylic acid groups (broad SMARTS) is 1. The van der Waals surface area contributed by atoms with Crippen LogP contribution in [0.3, 0.4) is 0 Å². The molecular weight excluding hydrogens is 837 g/mol. The number of carbonyl (C=O) groups excluding carboxylic acids is 2. The summed E-state index contributed by atoms with van der Waals surface area (Å²) in [5.74, 6) is 1.59. The van der Waals surface area contributed by atoms with Gasteiger partial charge in [0.25, 0.3) is 0 Å². The molecule has 10 heteroatoms. The first-order valence-corrected chi connectivity index (χ1v) is 26.6. The summed E-state index contributed by atoms with van der Waals surface area (Å²) in [6.45, 7) is 29.4. The van der Waals surface area contributed by atoms with Crippen molar-refractivity contribution in [2.45, 2.75) is 158 Å². The molecule has 3 heterocycles. The van der Waals surface area contributed by atoms with E-state index in [0.717, 1.165) is 134 Å². The van der Waals surface area contributed by atoms with Crippen LogP contribution in [0.4, 0.5) is 0 Å². The summed E-state index contributed by atoms with van der Waals surface area (Å²) in [6.07, 6.45) is 14.9. The zero-order valence-corrected chi connectivity index (χ0v) is 42.3. The fourth-order valence-electron chi connectivity index (χ4n) is 17.9. The minimum atomic E-state index is -0.817. The molecule has 13 atom stereocenters. The normalized spacial score (nSPS) is 41.0. The van der Waals surface area contributed by atoms with E-state index in [1.54, 1.807) is 0 Å². The van der Waals surface area contributed by atoms with Crippen molar-refractivity contribution in [1.29, 1.82) is 0 Å². The SMILES string of the molecule is C=C(C)[C@@H]1CC[C@]2(C(=O)N3CCC[C@H]3c3nc(-c4ccccc4)cn3CCN3CCOCC3)CC[C@]3(C)[C@H](CC[C@@H]4[C@@]5(C)CC[C@H](OC(=O)[C@H]6C[C@@H](C(=O)O)C6(C)C)C(C)(C)[C@@H]5CC[C@]43C)[C@@H]12. The minimum absolute atomic E-state index is 0.0371. The monoisotopic (exact) mass is 919 g/mol. The fourth-order valence-corrected chi connectivity index (χ4v) is 17.9.